The lowest BCUT2D eigenvalue weighted by Crippen LogP contribution is -2.03. The third-order valence-corrected chi connectivity index (χ3v) is 3.81. The number of fused-ring (bicyclic) bond motifs is 1. The number of nitrogens with one attached hydrogen (secondary N) is 1. The molecule has 3 rings (SSSR count). The third-order valence-electron chi connectivity index (χ3n) is 3.81. The van der Waals surface area contributed by atoms with Gasteiger partial charge in [0.2, 0.25) is 6.79 Å². The molecule has 1 aliphatic rings. The molecule has 0 saturated heterocycles. The molecule has 0 atom stereocenters. The Morgan fingerprint density at radius 1 is 1.25 bits per heavy atom. The van der Waals surface area contributed by atoms with Gasteiger partial charge in [0.1, 0.15) is 5.75 Å². The van der Waals surface area contributed by atoms with E-state index in [0.29, 0.717) is 24.5 Å². The van der Waals surface area contributed by atoms with Crippen LogP contribution in [0.4, 0.5) is 5.69 Å². The lowest BCUT2D eigenvalue weighted by molar-refractivity contribution is -0.136. The quantitative estimate of drug-likeness (QED) is 0.813. The Kier molecular flexibility index (Phi) is 4.74. The van der Waals surface area contributed by atoms with Crippen LogP contribution in [0.3, 0.4) is 0 Å². The molecule has 1 aliphatic heterocycles. The summed E-state index contributed by atoms with van der Waals surface area (Å²) < 4.78 is 16.2. The van der Waals surface area contributed by atoms with E-state index in [9.17, 15) is 4.79 Å². The molecule has 24 heavy (non-hydrogen) atoms. The van der Waals surface area contributed by atoms with Gasteiger partial charge in [0.05, 0.1) is 7.11 Å². The van der Waals surface area contributed by atoms with Crippen LogP contribution in [0.2, 0.25) is 0 Å². The summed E-state index contributed by atoms with van der Waals surface area (Å²) in [6, 6.07) is 11.5. The van der Waals surface area contributed by atoms with Gasteiger partial charge in [-0.3, -0.25) is 4.79 Å². The second-order valence-corrected chi connectivity index (χ2v) is 5.46. The van der Waals surface area contributed by atoms with Gasteiger partial charge in [-0.2, -0.15) is 0 Å². The first-order valence-corrected chi connectivity index (χ1v) is 7.67. The van der Waals surface area contributed by atoms with Gasteiger partial charge < -0.3 is 24.6 Å². The molecule has 0 unspecified atom stereocenters. The fourth-order valence-corrected chi connectivity index (χ4v) is 2.58. The normalized spacial score (nSPS) is 12.0. The van der Waals surface area contributed by atoms with Crippen LogP contribution in [0.1, 0.15) is 17.5 Å². The smallest absolute Gasteiger partial charge is 0.303 e. The van der Waals surface area contributed by atoms with Crippen molar-refractivity contribution in [1.29, 1.82) is 0 Å². The monoisotopic (exact) mass is 329 g/mol. The van der Waals surface area contributed by atoms with Crippen LogP contribution in [0.25, 0.3) is 0 Å². The van der Waals surface area contributed by atoms with Crippen molar-refractivity contribution in [3.05, 3.63) is 47.5 Å². The minimum absolute atomic E-state index is 0.124. The van der Waals surface area contributed by atoms with Gasteiger partial charge in [0.15, 0.2) is 11.5 Å². The number of aryl methyl sites for hydroxylation is 1. The van der Waals surface area contributed by atoms with Gasteiger partial charge in [-0.05, 0) is 30.2 Å². The van der Waals surface area contributed by atoms with Gasteiger partial charge in [0.25, 0.3) is 0 Å². The van der Waals surface area contributed by atoms with E-state index in [2.05, 4.69) is 5.32 Å². The Bertz CT molecular complexity index is 744. The molecular formula is C18H19NO5. The summed E-state index contributed by atoms with van der Waals surface area (Å²) >= 11 is 0. The Hall–Kier alpha value is -2.89. The largest absolute Gasteiger partial charge is 0.496 e. The zero-order valence-electron chi connectivity index (χ0n) is 13.4. The summed E-state index contributed by atoms with van der Waals surface area (Å²) in [5.41, 5.74) is 2.87. The highest BCUT2D eigenvalue weighted by Crippen LogP contribution is 2.38. The standard InChI is InChI=1S/C18H19NO5/c1-22-15-9-17-16(23-11-24-17)8-13(15)10-19-14-4-2-3-12(7-14)5-6-18(20)21/h2-4,7-9,19H,5-6,10-11H2,1H3,(H,20,21). The molecule has 0 aromatic heterocycles. The number of benzene rings is 2. The summed E-state index contributed by atoms with van der Waals surface area (Å²) in [4.78, 5) is 10.7. The number of methoxy groups -OCH3 is 1. The van der Waals surface area contributed by atoms with Crippen LogP contribution in [0, 0.1) is 0 Å². The highest BCUT2D eigenvalue weighted by Gasteiger charge is 2.17. The van der Waals surface area contributed by atoms with Crippen molar-refractivity contribution < 1.29 is 24.1 Å². The van der Waals surface area contributed by atoms with Gasteiger partial charge in [-0.25, -0.2) is 0 Å². The van der Waals surface area contributed by atoms with E-state index in [1.54, 1.807) is 7.11 Å². The summed E-state index contributed by atoms with van der Waals surface area (Å²) in [7, 11) is 1.62. The van der Waals surface area contributed by atoms with Crippen LogP contribution in [-0.4, -0.2) is 25.0 Å². The third kappa shape index (κ3) is 3.71. The summed E-state index contributed by atoms with van der Waals surface area (Å²) in [6.45, 7) is 0.781. The minimum Gasteiger partial charge on any atom is -0.496 e. The zero-order valence-corrected chi connectivity index (χ0v) is 13.4. The van der Waals surface area contributed by atoms with Crippen molar-refractivity contribution in [3.8, 4) is 17.2 Å². The van der Waals surface area contributed by atoms with Crippen molar-refractivity contribution in [2.75, 3.05) is 19.2 Å². The number of anilines is 1. The van der Waals surface area contributed by atoms with E-state index in [0.717, 1.165) is 22.6 Å². The lowest BCUT2D eigenvalue weighted by Gasteiger charge is -2.12. The van der Waals surface area contributed by atoms with Crippen molar-refractivity contribution in [2.24, 2.45) is 0 Å². The zero-order chi connectivity index (χ0) is 16.9. The molecule has 6 nitrogen and oxygen atoms in total. The maximum absolute atomic E-state index is 10.7. The van der Waals surface area contributed by atoms with Gasteiger partial charge in [-0.15, -0.1) is 0 Å². The van der Waals surface area contributed by atoms with Crippen molar-refractivity contribution in [2.45, 2.75) is 19.4 Å². The van der Waals surface area contributed by atoms with Crippen molar-refractivity contribution >= 4 is 11.7 Å². The van der Waals surface area contributed by atoms with Gasteiger partial charge in [-0.1, -0.05) is 12.1 Å². The molecule has 2 aromatic carbocycles. The number of carboxylic acids is 1. The lowest BCUT2D eigenvalue weighted by atomic mass is 10.1. The Labute approximate surface area is 140 Å². The summed E-state index contributed by atoms with van der Waals surface area (Å²) in [5, 5.41) is 12.1. The molecule has 126 valence electrons. The predicted molar refractivity (Wildman–Crippen MR) is 88.8 cm³/mol. The maximum atomic E-state index is 10.7. The molecule has 0 aliphatic carbocycles. The molecule has 6 heteroatoms. The molecule has 0 fully saturated rings. The van der Waals surface area contributed by atoms with Crippen molar-refractivity contribution in [1.82, 2.24) is 0 Å². The fourth-order valence-electron chi connectivity index (χ4n) is 2.58. The Morgan fingerprint density at radius 3 is 2.79 bits per heavy atom. The molecule has 0 bridgehead atoms. The number of carboxylic acid groups (broad SMARTS) is 1. The van der Waals surface area contributed by atoms with E-state index >= 15 is 0 Å². The average molecular weight is 329 g/mol. The first-order chi connectivity index (χ1) is 11.7. The summed E-state index contributed by atoms with van der Waals surface area (Å²) in [5.74, 6) is 1.33. The molecule has 0 radical (unpaired) electrons. The van der Waals surface area contributed by atoms with Crippen LogP contribution in [-0.2, 0) is 17.8 Å². The Balaban J connectivity index is 1.69. The van der Waals surface area contributed by atoms with E-state index in [1.165, 1.54) is 0 Å². The molecule has 1 heterocycles. The topological polar surface area (TPSA) is 77.0 Å². The van der Waals surface area contributed by atoms with Crippen LogP contribution in [0.5, 0.6) is 17.2 Å². The molecule has 2 N–H and O–H groups in total. The average Bonchev–Trinajstić information content (AvgIpc) is 3.04. The van der Waals surface area contributed by atoms with Gasteiger partial charge >= 0.3 is 5.97 Å². The van der Waals surface area contributed by atoms with Gasteiger partial charge in [0, 0.05) is 30.3 Å². The number of hydrogen-bond acceptors (Lipinski definition) is 5. The predicted octanol–water partition coefficient (Wildman–Crippen LogP) is 3.05. The molecular weight excluding hydrogens is 310 g/mol. The molecule has 0 spiro atoms. The van der Waals surface area contributed by atoms with E-state index in [4.69, 9.17) is 19.3 Å². The maximum Gasteiger partial charge on any atom is 0.303 e. The first kappa shape index (κ1) is 16.0. The van der Waals surface area contributed by atoms with Crippen LogP contribution < -0.4 is 19.5 Å². The SMILES string of the molecule is COc1cc2c(cc1CNc1cccc(CCC(=O)O)c1)OCO2. The molecule has 2 aromatic rings. The van der Waals surface area contributed by atoms with E-state index < -0.39 is 5.97 Å². The number of carbonyl (C=O) groups is 1. The number of aliphatic carboxylic acids is 1. The van der Waals surface area contributed by atoms with Crippen molar-refractivity contribution in [3.63, 3.8) is 0 Å². The Morgan fingerprint density at radius 2 is 2.04 bits per heavy atom. The highest BCUT2D eigenvalue weighted by atomic mass is 16.7. The number of ether oxygens (including phenoxy) is 3. The van der Waals surface area contributed by atoms with Crippen LogP contribution >= 0.6 is 0 Å². The second-order valence-electron chi connectivity index (χ2n) is 5.46. The van der Waals surface area contributed by atoms with Crippen LogP contribution in [0.15, 0.2) is 36.4 Å². The second kappa shape index (κ2) is 7.12. The highest BCUT2D eigenvalue weighted by molar-refractivity contribution is 5.67. The van der Waals surface area contributed by atoms with E-state index in [1.807, 2.05) is 36.4 Å². The first-order valence-electron chi connectivity index (χ1n) is 7.67. The van der Waals surface area contributed by atoms with E-state index in [-0.39, 0.29) is 13.2 Å². The molecule has 0 saturated carbocycles. The minimum atomic E-state index is -0.793. The summed E-state index contributed by atoms with van der Waals surface area (Å²) in [6.07, 6.45) is 0.637. The number of rotatable bonds is 7. The fraction of sp³-hybridized carbons (Fsp3) is 0.278. The number of hydrogen-bond donors (Lipinski definition) is 2. The molecule has 0 amide bonds.